The Hall–Kier alpha value is 0.110. The van der Waals surface area contributed by atoms with Gasteiger partial charge in [-0.1, -0.05) is 52.9 Å². The first-order valence-corrected chi connectivity index (χ1v) is 10.5. The molecule has 2 aliphatic heterocycles. The summed E-state index contributed by atoms with van der Waals surface area (Å²) in [6, 6.07) is 0.969. The highest BCUT2D eigenvalue weighted by Gasteiger charge is 2.57. The number of hydrogen-bond donors (Lipinski definition) is 0. The zero-order chi connectivity index (χ0) is 15.3. The summed E-state index contributed by atoms with van der Waals surface area (Å²) in [7, 11) is -2.68. The van der Waals surface area contributed by atoms with Crippen LogP contribution in [0.4, 0.5) is 0 Å². The van der Waals surface area contributed by atoms with Crippen molar-refractivity contribution in [3.63, 3.8) is 0 Å². The van der Waals surface area contributed by atoms with E-state index in [4.69, 9.17) is 4.52 Å². The Kier molecular flexibility index (Phi) is 6.74. The van der Waals surface area contributed by atoms with Gasteiger partial charge in [0.1, 0.15) is 0 Å². The van der Waals surface area contributed by atoms with Gasteiger partial charge in [0.2, 0.25) is 0 Å². The van der Waals surface area contributed by atoms with Crippen molar-refractivity contribution in [2.45, 2.75) is 84.2 Å². The summed E-state index contributed by atoms with van der Waals surface area (Å²) in [6.07, 6.45) is 9.62. The molecule has 4 nitrogen and oxygen atoms in total. The lowest BCUT2D eigenvalue weighted by atomic mass is 10.1. The number of unbranched alkanes of at least 4 members (excludes halogenated alkanes) is 5. The van der Waals surface area contributed by atoms with E-state index in [2.05, 4.69) is 30.1 Å². The maximum absolute atomic E-state index is 13.2. The zero-order valence-electron chi connectivity index (χ0n) is 14.1. The van der Waals surface area contributed by atoms with Crippen molar-refractivity contribution < 1.29 is 9.09 Å². The van der Waals surface area contributed by atoms with E-state index in [9.17, 15) is 4.57 Å². The fourth-order valence-corrected chi connectivity index (χ4v) is 5.90. The fourth-order valence-electron chi connectivity index (χ4n) is 3.00. The molecule has 0 saturated carbocycles. The molecule has 0 spiro atoms. The maximum Gasteiger partial charge on any atom is 0.346 e. The van der Waals surface area contributed by atoms with Gasteiger partial charge in [0, 0.05) is 25.2 Å². The zero-order valence-corrected chi connectivity index (χ0v) is 15.0. The van der Waals surface area contributed by atoms with Crippen molar-refractivity contribution in [3.8, 4) is 0 Å². The van der Waals surface area contributed by atoms with E-state index in [-0.39, 0.29) is 0 Å². The molecular formula is C16H33N2O2P. The third-order valence-corrected chi connectivity index (χ3v) is 7.52. The number of nitrogens with zero attached hydrogens (tertiary/aromatic N) is 2. The second-order valence-electron chi connectivity index (χ2n) is 6.46. The van der Waals surface area contributed by atoms with Crippen molar-refractivity contribution in [1.29, 1.82) is 0 Å². The molecule has 0 aromatic heterocycles. The molecule has 0 aromatic carbocycles. The van der Waals surface area contributed by atoms with Gasteiger partial charge in [0.15, 0.2) is 0 Å². The van der Waals surface area contributed by atoms with Gasteiger partial charge in [-0.05, 0) is 19.3 Å². The van der Waals surface area contributed by atoms with Crippen LogP contribution >= 0.6 is 7.67 Å². The van der Waals surface area contributed by atoms with E-state index in [1.807, 2.05) is 0 Å². The normalized spacial score (nSPS) is 33.7. The van der Waals surface area contributed by atoms with Crippen LogP contribution in [-0.4, -0.2) is 41.1 Å². The second kappa shape index (κ2) is 8.10. The highest BCUT2D eigenvalue weighted by molar-refractivity contribution is 7.54. The van der Waals surface area contributed by atoms with E-state index in [0.717, 1.165) is 32.4 Å². The quantitative estimate of drug-likeness (QED) is 0.298. The smallest absolute Gasteiger partial charge is 0.306 e. The average Bonchev–Trinajstić information content (AvgIpc) is 3.39. The van der Waals surface area contributed by atoms with Gasteiger partial charge in [-0.2, -0.15) is 0 Å². The molecule has 5 heteroatoms. The summed E-state index contributed by atoms with van der Waals surface area (Å²) in [5.74, 6) is 0. The van der Waals surface area contributed by atoms with Gasteiger partial charge in [0.05, 0.1) is 6.61 Å². The summed E-state index contributed by atoms with van der Waals surface area (Å²) in [4.78, 5) is 0. The lowest BCUT2D eigenvalue weighted by molar-refractivity contribution is 0.259. The predicted molar refractivity (Wildman–Crippen MR) is 88.5 cm³/mol. The molecule has 0 bridgehead atoms. The van der Waals surface area contributed by atoms with E-state index in [1.54, 1.807) is 0 Å². The van der Waals surface area contributed by atoms with Crippen LogP contribution in [0.1, 0.15) is 72.1 Å². The summed E-state index contributed by atoms with van der Waals surface area (Å²) in [6.45, 7) is 9.14. The monoisotopic (exact) mass is 316 g/mol. The first-order chi connectivity index (χ1) is 10.2. The summed E-state index contributed by atoms with van der Waals surface area (Å²) in [5.41, 5.74) is 0. The third-order valence-electron chi connectivity index (χ3n) is 4.72. The van der Waals surface area contributed by atoms with Crippen LogP contribution in [0.3, 0.4) is 0 Å². The molecular weight excluding hydrogens is 283 g/mol. The first kappa shape index (κ1) is 17.5. The van der Waals surface area contributed by atoms with Gasteiger partial charge >= 0.3 is 7.67 Å². The van der Waals surface area contributed by atoms with Crippen LogP contribution in [0.5, 0.6) is 0 Å². The summed E-state index contributed by atoms with van der Waals surface area (Å²) in [5, 5.41) is 0. The largest absolute Gasteiger partial charge is 0.346 e. The molecule has 2 saturated heterocycles. The van der Waals surface area contributed by atoms with Gasteiger partial charge in [-0.3, -0.25) is 4.57 Å². The molecule has 0 radical (unpaired) electrons. The van der Waals surface area contributed by atoms with E-state index in [0.29, 0.717) is 18.7 Å². The summed E-state index contributed by atoms with van der Waals surface area (Å²) >= 11 is 0. The Balaban J connectivity index is 1.72. The van der Waals surface area contributed by atoms with Crippen LogP contribution < -0.4 is 0 Å². The standard InChI is InChI=1S/C16H33N2O2P/c1-4-7-8-9-10-11-12-20-21(19,17-13-15(17)5-2)18-14-16(18)6-3/h15-16H,4-14H2,1-3H3. The van der Waals surface area contributed by atoms with Crippen LogP contribution in [0, 0.1) is 0 Å². The molecule has 2 rings (SSSR count). The van der Waals surface area contributed by atoms with Gasteiger partial charge in [0.25, 0.3) is 0 Å². The molecule has 0 aliphatic carbocycles. The maximum atomic E-state index is 13.2. The third kappa shape index (κ3) is 4.54. The Morgan fingerprint density at radius 3 is 1.90 bits per heavy atom. The Labute approximate surface area is 130 Å². The van der Waals surface area contributed by atoms with Crippen molar-refractivity contribution in [3.05, 3.63) is 0 Å². The van der Waals surface area contributed by atoms with E-state index in [1.165, 1.54) is 32.1 Å². The van der Waals surface area contributed by atoms with Crippen molar-refractivity contribution in [1.82, 2.24) is 9.34 Å². The van der Waals surface area contributed by atoms with Crippen LogP contribution in [0.2, 0.25) is 0 Å². The van der Waals surface area contributed by atoms with E-state index >= 15 is 0 Å². The van der Waals surface area contributed by atoms with Crippen molar-refractivity contribution in [2.75, 3.05) is 19.7 Å². The van der Waals surface area contributed by atoms with Gasteiger partial charge in [-0.15, -0.1) is 0 Å². The molecule has 0 N–H and O–H groups in total. The molecule has 2 heterocycles. The highest BCUT2D eigenvalue weighted by Crippen LogP contribution is 2.65. The molecule has 2 fully saturated rings. The van der Waals surface area contributed by atoms with Crippen molar-refractivity contribution >= 4 is 7.67 Å². The molecule has 21 heavy (non-hydrogen) atoms. The van der Waals surface area contributed by atoms with Crippen LogP contribution in [0.15, 0.2) is 0 Å². The van der Waals surface area contributed by atoms with Crippen LogP contribution in [-0.2, 0) is 9.09 Å². The Morgan fingerprint density at radius 1 is 0.905 bits per heavy atom. The fraction of sp³-hybridized carbons (Fsp3) is 1.00. The molecule has 4 unspecified atom stereocenters. The Bertz CT molecular complexity index is 342. The first-order valence-electron chi connectivity index (χ1n) is 8.96. The van der Waals surface area contributed by atoms with E-state index < -0.39 is 7.67 Å². The molecule has 0 aromatic rings. The highest BCUT2D eigenvalue weighted by atomic mass is 31.2. The van der Waals surface area contributed by atoms with Crippen LogP contribution in [0.25, 0.3) is 0 Å². The average molecular weight is 316 g/mol. The van der Waals surface area contributed by atoms with Gasteiger partial charge < -0.3 is 4.52 Å². The number of hydrogen-bond acceptors (Lipinski definition) is 2. The minimum atomic E-state index is -2.68. The molecule has 0 amide bonds. The number of rotatable bonds is 12. The predicted octanol–water partition coefficient (Wildman–Crippen LogP) is 4.66. The minimum Gasteiger partial charge on any atom is -0.306 e. The molecule has 2 aliphatic rings. The topological polar surface area (TPSA) is 32.3 Å². The van der Waals surface area contributed by atoms with Crippen molar-refractivity contribution in [2.24, 2.45) is 0 Å². The molecule has 124 valence electrons. The summed E-state index contributed by atoms with van der Waals surface area (Å²) < 4.78 is 23.4. The molecule has 4 atom stereocenters. The minimum absolute atomic E-state index is 0.485. The SMILES string of the molecule is CCCCCCCCOP(=O)(N1CC1CC)N1CC1CC. The lowest BCUT2D eigenvalue weighted by Gasteiger charge is -2.21. The lowest BCUT2D eigenvalue weighted by Crippen LogP contribution is -2.12. The van der Waals surface area contributed by atoms with Gasteiger partial charge in [-0.25, -0.2) is 9.34 Å². The second-order valence-corrected chi connectivity index (χ2v) is 8.73. The Morgan fingerprint density at radius 2 is 1.43 bits per heavy atom.